The number of nitrogens with two attached hydrogens (primary N) is 1. The van der Waals surface area contributed by atoms with Crippen molar-refractivity contribution in [2.45, 2.75) is 25.1 Å². The van der Waals surface area contributed by atoms with Crippen LogP contribution in [0.4, 0.5) is 0 Å². The highest BCUT2D eigenvalue weighted by Crippen LogP contribution is 2.29. The molecule has 1 aromatic rings. The average molecular weight is 218 g/mol. The number of hydrogen-bond donors (Lipinski definition) is 1. The SMILES string of the molecule is CC(C)(c1cnc(CN)o1)S(C)(=O)=O. The first-order valence-electron chi connectivity index (χ1n) is 4.14. The molecular weight excluding hydrogens is 204 g/mol. The summed E-state index contributed by atoms with van der Waals surface area (Å²) in [7, 11) is -3.22. The van der Waals surface area contributed by atoms with Gasteiger partial charge < -0.3 is 10.2 Å². The molecule has 1 aromatic heterocycles. The fourth-order valence-corrected chi connectivity index (χ4v) is 1.33. The average Bonchev–Trinajstić information content (AvgIpc) is 2.49. The van der Waals surface area contributed by atoms with Gasteiger partial charge in [-0.25, -0.2) is 13.4 Å². The van der Waals surface area contributed by atoms with Gasteiger partial charge in [0.25, 0.3) is 0 Å². The molecule has 0 saturated carbocycles. The predicted octanol–water partition coefficient (Wildman–Crippen LogP) is 0.413. The van der Waals surface area contributed by atoms with Crippen molar-refractivity contribution in [2.24, 2.45) is 5.73 Å². The molecule has 5 nitrogen and oxygen atoms in total. The molecule has 0 saturated heterocycles. The van der Waals surface area contributed by atoms with Gasteiger partial charge in [0.2, 0.25) is 5.89 Å². The summed E-state index contributed by atoms with van der Waals surface area (Å²) in [6.45, 7) is 3.31. The van der Waals surface area contributed by atoms with Crippen molar-refractivity contribution in [1.82, 2.24) is 4.98 Å². The van der Waals surface area contributed by atoms with Crippen LogP contribution < -0.4 is 5.73 Å². The molecule has 6 heteroatoms. The van der Waals surface area contributed by atoms with Crippen molar-refractivity contribution >= 4 is 9.84 Å². The zero-order chi connectivity index (χ0) is 11.0. The summed E-state index contributed by atoms with van der Waals surface area (Å²) in [6, 6.07) is 0. The number of hydrogen-bond acceptors (Lipinski definition) is 5. The molecule has 0 aliphatic rings. The molecule has 0 amide bonds. The maximum absolute atomic E-state index is 11.4. The van der Waals surface area contributed by atoms with Gasteiger partial charge in [-0.15, -0.1) is 0 Å². The maximum atomic E-state index is 11.4. The summed E-state index contributed by atoms with van der Waals surface area (Å²) >= 11 is 0. The second kappa shape index (κ2) is 3.36. The number of aromatic nitrogens is 1. The maximum Gasteiger partial charge on any atom is 0.208 e. The Morgan fingerprint density at radius 1 is 1.57 bits per heavy atom. The van der Waals surface area contributed by atoms with Gasteiger partial charge in [0.05, 0.1) is 12.7 Å². The lowest BCUT2D eigenvalue weighted by atomic mass is 10.2. The summed E-state index contributed by atoms with van der Waals surface area (Å²) in [5, 5.41) is 0. The Balaban J connectivity index is 3.17. The van der Waals surface area contributed by atoms with E-state index >= 15 is 0 Å². The van der Waals surface area contributed by atoms with Crippen molar-refractivity contribution in [3.05, 3.63) is 17.8 Å². The predicted molar refractivity (Wildman–Crippen MR) is 52.3 cm³/mol. The molecule has 0 unspecified atom stereocenters. The van der Waals surface area contributed by atoms with Crippen LogP contribution in [0.2, 0.25) is 0 Å². The zero-order valence-corrected chi connectivity index (χ0v) is 9.26. The number of nitrogens with zero attached hydrogens (tertiary/aromatic N) is 1. The van der Waals surface area contributed by atoms with Crippen LogP contribution in [0.15, 0.2) is 10.6 Å². The summed E-state index contributed by atoms with van der Waals surface area (Å²) < 4.78 is 27.0. The van der Waals surface area contributed by atoms with Crippen LogP contribution in [-0.2, 0) is 21.1 Å². The van der Waals surface area contributed by atoms with Crippen LogP contribution in [0.5, 0.6) is 0 Å². The molecule has 0 aliphatic carbocycles. The normalized spacial score (nSPS) is 13.1. The summed E-state index contributed by atoms with van der Waals surface area (Å²) in [5.41, 5.74) is 5.31. The molecule has 0 fully saturated rings. The van der Waals surface area contributed by atoms with Crippen LogP contribution in [-0.4, -0.2) is 19.7 Å². The molecule has 0 radical (unpaired) electrons. The van der Waals surface area contributed by atoms with E-state index in [0.717, 1.165) is 6.26 Å². The first kappa shape index (κ1) is 11.2. The second-order valence-corrected chi connectivity index (χ2v) is 6.17. The van der Waals surface area contributed by atoms with Gasteiger partial charge in [-0.2, -0.15) is 0 Å². The van der Waals surface area contributed by atoms with Crippen LogP contribution >= 0.6 is 0 Å². The summed E-state index contributed by atoms with van der Waals surface area (Å²) in [5.74, 6) is 0.664. The first-order valence-corrected chi connectivity index (χ1v) is 6.03. The van der Waals surface area contributed by atoms with E-state index < -0.39 is 14.6 Å². The van der Waals surface area contributed by atoms with Crippen molar-refractivity contribution in [1.29, 1.82) is 0 Å². The molecule has 1 rings (SSSR count). The first-order chi connectivity index (χ1) is 6.29. The number of oxazole rings is 1. The molecule has 14 heavy (non-hydrogen) atoms. The number of sulfone groups is 1. The fraction of sp³-hybridized carbons (Fsp3) is 0.625. The standard InChI is InChI=1S/C8H14N2O3S/c1-8(2,14(3,11)12)6-5-10-7(4-9)13-6/h5H,4,9H2,1-3H3. The molecule has 0 atom stereocenters. The minimum Gasteiger partial charge on any atom is -0.443 e. The van der Waals surface area contributed by atoms with Crippen molar-refractivity contribution in [3.8, 4) is 0 Å². The van der Waals surface area contributed by atoms with E-state index in [4.69, 9.17) is 10.2 Å². The van der Waals surface area contributed by atoms with Crippen LogP contribution in [0.3, 0.4) is 0 Å². The van der Waals surface area contributed by atoms with Crippen molar-refractivity contribution in [3.63, 3.8) is 0 Å². The van der Waals surface area contributed by atoms with Crippen molar-refractivity contribution in [2.75, 3.05) is 6.26 Å². The zero-order valence-electron chi connectivity index (χ0n) is 8.44. The van der Waals surface area contributed by atoms with E-state index in [9.17, 15) is 8.42 Å². The third kappa shape index (κ3) is 1.80. The Morgan fingerprint density at radius 2 is 2.14 bits per heavy atom. The Morgan fingerprint density at radius 3 is 2.50 bits per heavy atom. The fourth-order valence-electron chi connectivity index (χ4n) is 0.866. The quantitative estimate of drug-likeness (QED) is 0.794. The largest absolute Gasteiger partial charge is 0.443 e. The highest BCUT2D eigenvalue weighted by molar-refractivity contribution is 7.91. The van der Waals surface area contributed by atoms with E-state index in [1.54, 1.807) is 13.8 Å². The van der Waals surface area contributed by atoms with Gasteiger partial charge in [0, 0.05) is 6.26 Å². The molecule has 2 N–H and O–H groups in total. The third-order valence-electron chi connectivity index (χ3n) is 2.25. The molecule has 80 valence electrons. The monoisotopic (exact) mass is 218 g/mol. The molecule has 0 bridgehead atoms. The molecule has 1 heterocycles. The molecule has 0 aliphatic heterocycles. The van der Waals surface area contributed by atoms with E-state index in [2.05, 4.69) is 4.98 Å². The second-order valence-electron chi connectivity index (χ2n) is 3.60. The summed E-state index contributed by atoms with van der Waals surface area (Å²) in [4.78, 5) is 3.86. The van der Waals surface area contributed by atoms with E-state index in [1.807, 2.05) is 0 Å². The molecule has 0 aromatic carbocycles. The minimum atomic E-state index is -3.22. The van der Waals surface area contributed by atoms with E-state index in [-0.39, 0.29) is 6.54 Å². The van der Waals surface area contributed by atoms with E-state index in [1.165, 1.54) is 6.20 Å². The lowest BCUT2D eigenvalue weighted by Gasteiger charge is -2.18. The van der Waals surface area contributed by atoms with Crippen LogP contribution in [0.25, 0.3) is 0 Å². The third-order valence-corrected chi connectivity index (χ3v) is 4.30. The number of rotatable bonds is 3. The van der Waals surface area contributed by atoms with E-state index in [0.29, 0.717) is 11.7 Å². The highest BCUT2D eigenvalue weighted by Gasteiger charge is 2.35. The van der Waals surface area contributed by atoms with Gasteiger partial charge in [-0.3, -0.25) is 0 Å². The Labute approximate surface area is 83.2 Å². The Hall–Kier alpha value is -0.880. The van der Waals surface area contributed by atoms with Gasteiger partial charge in [-0.05, 0) is 13.8 Å². The smallest absolute Gasteiger partial charge is 0.208 e. The van der Waals surface area contributed by atoms with Crippen molar-refractivity contribution < 1.29 is 12.8 Å². The Bertz CT molecular complexity index is 420. The van der Waals surface area contributed by atoms with Gasteiger partial charge in [0.15, 0.2) is 9.84 Å². The topological polar surface area (TPSA) is 86.2 Å². The summed E-state index contributed by atoms with van der Waals surface area (Å²) in [6.07, 6.45) is 2.57. The van der Waals surface area contributed by atoms with Crippen LogP contribution in [0, 0.1) is 0 Å². The van der Waals surface area contributed by atoms with Gasteiger partial charge >= 0.3 is 0 Å². The highest BCUT2D eigenvalue weighted by atomic mass is 32.2. The minimum absolute atomic E-state index is 0.167. The molecular formula is C8H14N2O3S. The van der Waals surface area contributed by atoms with Gasteiger partial charge in [0.1, 0.15) is 10.5 Å². The molecule has 0 spiro atoms. The Kier molecular flexibility index (Phi) is 2.69. The van der Waals surface area contributed by atoms with Crippen LogP contribution in [0.1, 0.15) is 25.5 Å². The lowest BCUT2D eigenvalue weighted by molar-refractivity contribution is 0.415. The van der Waals surface area contributed by atoms with Gasteiger partial charge in [-0.1, -0.05) is 0 Å². The lowest BCUT2D eigenvalue weighted by Crippen LogP contribution is -2.27.